The predicted octanol–water partition coefficient (Wildman–Crippen LogP) is 3.76. The van der Waals surface area contributed by atoms with Crippen LogP contribution in [0.15, 0.2) is 18.3 Å². The van der Waals surface area contributed by atoms with Crippen molar-refractivity contribution in [1.29, 1.82) is 0 Å². The van der Waals surface area contributed by atoms with Gasteiger partial charge in [-0.05, 0) is 12.0 Å². The number of anilines is 2. The van der Waals surface area contributed by atoms with Crippen LogP contribution in [0.25, 0.3) is 0 Å². The van der Waals surface area contributed by atoms with E-state index in [-0.39, 0.29) is 5.91 Å². The molecule has 0 radical (unpaired) electrons. The van der Waals surface area contributed by atoms with Crippen LogP contribution in [-0.2, 0) is 0 Å². The number of hydrogen-bond donors (Lipinski definition) is 2. The van der Waals surface area contributed by atoms with E-state index in [0.29, 0.717) is 33.1 Å². The normalized spacial score (nSPS) is 10.7. The van der Waals surface area contributed by atoms with Crippen LogP contribution in [0.3, 0.4) is 0 Å². The van der Waals surface area contributed by atoms with Crippen LogP contribution in [0.1, 0.15) is 35.0 Å². The lowest BCUT2D eigenvalue weighted by molar-refractivity contribution is 0.102. The second-order valence-corrected chi connectivity index (χ2v) is 6.22. The first kappa shape index (κ1) is 15.6. The summed E-state index contributed by atoms with van der Waals surface area (Å²) in [7, 11) is 1.47. The summed E-state index contributed by atoms with van der Waals surface area (Å²) in [5.41, 5.74) is 6.38. The molecule has 1 amide bonds. The van der Waals surface area contributed by atoms with Crippen LogP contribution in [0, 0.1) is 0 Å². The first-order valence-electron chi connectivity index (χ1n) is 6.32. The summed E-state index contributed by atoms with van der Waals surface area (Å²) < 4.78 is 5.17. The molecule has 0 aliphatic heterocycles. The highest BCUT2D eigenvalue weighted by molar-refractivity contribution is 7.15. The molecule has 112 valence electrons. The molecule has 0 unspecified atom stereocenters. The van der Waals surface area contributed by atoms with Crippen LogP contribution in [0.5, 0.6) is 5.75 Å². The van der Waals surface area contributed by atoms with E-state index in [1.165, 1.54) is 30.6 Å². The Morgan fingerprint density at radius 2 is 2.19 bits per heavy atom. The van der Waals surface area contributed by atoms with Crippen LogP contribution >= 0.6 is 22.9 Å². The van der Waals surface area contributed by atoms with Crippen LogP contribution in [-0.4, -0.2) is 18.0 Å². The molecule has 0 fully saturated rings. The smallest absolute Gasteiger partial charge is 0.261 e. The van der Waals surface area contributed by atoms with Gasteiger partial charge in [0.2, 0.25) is 0 Å². The van der Waals surface area contributed by atoms with Gasteiger partial charge in [0.15, 0.2) is 5.13 Å². The van der Waals surface area contributed by atoms with Crippen molar-refractivity contribution in [2.24, 2.45) is 0 Å². The number of methoxy groups -OCH3 is 1. The number of carbonyl (C=O) groups is 1. The van der Waals surface area contributed by atoms with Gasteiger partial charge in [0.05, 0.1) is 23.4 Å². The Balaban J connectivity index is 2.25. The molecule has 7 heteroatoms. The second-order valence-electron chi connectivity index (χ2n) is 4.75. The Hall–Kier alpha value is -1.79. The molecule has 0 spiro atoms. The Morgan fingerprint density at radius 1 is 1.48 bits per heavy atom. The van der Waals surface area contributed by atoms with E-state index in [2.05, 4.69) is 24.1 Å². The summed E-state index contributed by atoms with van der Waals surface area (Å²) in [5.74, 6) is 0.405. The Kier molecular flexibility index (Phi) is 4.69. The molecule has 3 N–H and O–H groups in total. The zero-order valence-corrected chi connectivity index (χ0v) is 13.5. The maximum atomic E-state index is 12.3. The van der Waals surface area contributed by atoms with Crippen molar-refractivity contribution in [3.63, 3.8) is 0 Å². The standard InChI is InChI=1S/C14H16ClN3O2S/c1-7(2)12-6-17-14(21-12)18-13(19)8-4-9(15)10(16)5-11(8)20-3/h4-7H,16H2,1-3H3,(H,17,18,19). The van der Waals surface area contributed by atoms with Crippen molar-refractivity contribution in [3.05, 3.63) is 33.8 Å². The van der Waals surface area contributed by atoms with E-state index in [1.54, 1.807) is 6.20 Å². The predicted molar refractivity (Wildman–Crippen MR) is 86.6 cm³/mol. The second kappa shape index (κ2) is 6.32. The zero-order chi connectivity index (χ0) is 15.6. The number of amides is 1. The Labute approximate surface area is 132 Å². The molecule has 1 aromatic carbocycles. The molecule has 0 atom stereocenters. The van der Waals surface area contributed by atoms with E-state index >= 15 is 0 Å². The lowest BCUT2D eigenvalue weighted by Gasteiger charge is -2.10. The van der Waals surface area contributed by atoms with Crippen LogP contribution in [0.2, 0.25) is 5.02 Å². The maximum absolute atomic E-state index is 12.3. The van der Waals surface area contributed by atoms with Gasteiger partial charge in [0, 0.05) is 17.1 Å². The number of thiazole rings is 1. The summed E-state index contributed by atoms with van der Waals surface area (Å²) >= 11 is 7.41. The molecular weight excluding hydrogens is 310 g/mol. The monoisotopic (exact) mass is 325 g/mol. The quantitative estimate of drug-likeness (QED) is 0.839. The topological polar surface area (TPSA) is 77.2 Å². The number of benzene rings is 1. The number of nitrogens with one attached hydrogen (secondary N) is 1. The minimum absolute atomic E-state index is 0.308. The fraction of sp³-hybridized carbons (Fsp3) is 0.286. The number of nitrogen functional groups attached to an aromatic ring is 1. The van der Waals surface area contributed by atoms with Gasteiger partial charge in [0.1, 0.15) is 5.75 Å². The third-order valence-corrected chi connectivity index (χ3v) is 4.42. The highest BCUT2D eigenvalue weighted by Crippen LogP contribution is 2.30. The van der Waals surface area contributed by atoms with Crippen LogP contribution in [0.4, 0.5) is 10.8 Å². The number of aromatic nitrogens is 1. The molecular formula is C14H16ClN3O2S. The summed E-state index contributed by atoms with van der Waals surface area (Å²) in [6.45, 7) is 4.14. The Morgan fingerprint density at radius 3 is 2.76 bits per heavy atom. The lowest BCUT2D eigenvalue weighted by atomic mass is 10.1. The molecule has 21 heavy (non-hydrogen) atoms. The average Bonchev–Trinajstić information content (AvgIpc) is 2.89. The van der Waals surface area contributed by atoms with Crippen molar-refractivity contribution in [1.82, 2.24) is 4.98 Å². The molecule has 0 saturated carbocycles. The highest BCUT2D eigenvalue weighted by atomic mass is 35.5. The summed E-state index contributed by atoms with van der Waals surface area (Å²) in [6, 6.07) is 3.01. The third kappa shape index (κ3) is 3.46. The van der Waals surface area contributed by atoms with Gasteiger partial charge in [-0.15, -0.1) is 11.3 Å². The number of nitrogens with zero attached hydrogens (tertiary/aromatic N) is 1. The molecule has 0 aliphatic rings. The fourth-order valence-corrected chi connectivity index (χ4v) is 2.67. The third-order valence-electron chi connectivity index (χ3n) is 2.88. The number of halogens is 1. The lowest BCUT2D eigenvalue weighted by Crippen LogP contribution is -2.13. The summed E-state index contributed by atoms with van der Waals surface area (Å²) in [6.07, 6.45) is 1.76. The van der Waals surface area contributed by atoms with Crippen LogP contribution < -0.4 is 15.8 Å². The van der Waals surface area contributed by atoms with Crippen molar-refractivity contribution < 1.29 is 9.53 Å². The average molecular weight is 326 g/mol. The molecule has 0 saturated heterocycles. The van der Waals surface area contributed by atoms with Gasteiger partial charge in [-0.25, -0.2) is 4.98 Å². The minimum atomic E-state index is -0.335. The van der Waals surface area contributed by atoms with Crippen molar-refractivity contribution >= 4 is 39.7 Å². The van der Waals surface area contributed by atoms with Gasteiger partial charge < -0.3 is 10.5 Å². The fourth-order valence-electron chi connectivity index (χ4n) is 1.69. The SMILES string of the molecule is COc1cc(N)c(Cl)cc1C(=O)Nc1ncc(C(C)C)s1. The van der Waals surface area contributed by atoms with Gasteiger partial charge in [-0.1, -0.05) is 25.4 Å². The van der Waals surface area contributed by atoms with Crippen molar-refractivity contribution in [3.8, 4) is 5.75 Å². The van der Waals surface area contributed by atoms with Gasteiger partial charge >= 0.3 is 0 Å². The van der Waals surface area contributed by atoms with E-state index in [4.69, 9.17) is 22.1 Å². The summed E-state index contributed by atoms with van der Waals surface area (Å²) in [4.78, 5) is 17.6. The molecule has 1 heterocycles. The molecule has 0 aliphatic carbocycles. The molecule has 1 aromatic heterocycles. The minimum Gasteiger partial charge on any atom is -0.496 e. The first-order valence-corrected chi connectivity index (χ1v) is 7.52. The Bertz CT molecular complexity index is 670. The zero-order valence-electron chi connectivity index (χ0n) is 11.9. The van der Waals surface area contributed by atoms with Gasteiger partial charge in [-0.2, -0.15) is 0 Å². The highest BCUT2D eigenvalue weighted by Gasteiger charge is 2.17. The number of hydrogen-bond acceptors (Lipinski definition) is 5. The van der Waals surface area contributed by atoms with E-state index in [1.807, 2.05) is 0 Å². The van der Waals surface area contributed by atoms with Crippen molar-refractivity contribution in [2.75, 3.05) is 18.2 Å². The number of rotatable bonds is 4. The van der Waals surface area contributed by atoms with E-state index < -0.39 is 0 Å². The molecule has 5 nitrogen and oxygen atoms in total. The van der Waals surface area contributed by atoms with Crippen molar-refractivity contribution in [2.45, 2.75) is 19.8 Å². The molecule has 2 aromatic rings. The number of nitrogens with two attached hydrogens (primary N) is 1. The maximum Gasteiger partial charge on any atom is 0.261 e. The number of carbonyl (C=O) groups excluding carboxylic acids is 1. The van der Waals surface area contributed by atoms with Gasteiger partial charge in [-0.3, -0.25) is 10.1 Å². The largest absolute Gasteiger partial charge is 0.496 e. The van der Waals surface area contributed by atoms with E-state index in [9.17, 15) is 4.79 Å². The van der Waals surface area contributed by atoms with E-state index in [0.717, 1.165) is 4.88 Å². The van der Waals surface area contributed by atoms with Gasteiger partial charge in [0.25, 0.3) is 5.91 Å². The molecule has 2 rings (SSSR count). The summed E-state index contributed by atoms with van der Waals surface area (Å²) in [5, 5.41) is 3.59. The first-order chi connectivity index (χ1) is 9.92. The number of ether oxygens (including phenoxy) is 1. The molecule has 0 bridgehead atoms.